The van der Waals surface area contributed by atoms with Crippen LogP contribution >= 0.6 is 11.3 Å². The fraction of sp³-hybridized carbons (Fsp3) is 0.615. The molecule has 0 radical (unpaired) electrons. The Balaban J connectivity index is 1.96. The first-order valence-corrected chi connectivity index (χ1v) is 9.42. The molecule has 0 unspecified atom stereocenters. The molecule has 1 aliphatic heterocycles. The molecule has 5 nitrogen and oxygen atoms in total. The van der Waals surface area contributed by atoms with Crippen LogP contribution in [-0.4, -0.2) is 43.4 Å². The highest BCUT2D eigenvalue weighted by atomic mass is 32.2. The monoisotopic (exact) mass is 316 g/mol. The average molecular weight is 316 g/mol. The third-order valence-corrected chi connectivity index (χ3v) is 6.25. The summed E-state index contributed by atoms with van der Waals surface area (Å²) in [7, 11) is -3.00. The lowest BCUT2D eigenvalue weighted by atomic mass is 10.2. The largest absolute Gasteiger partial charge is 0.334 e. The topological polar surface area (TPSA) is 66.5 Å². The van der Waals surface area contributed by atoms with E-state index in [1.807, 2.05) is 24.6 Å². The number of rotatable bonds is 2. The summed E-state index contributed by atoms with van der Waals surface area (Å²) < 4.78 is 23.2. The van der Waals surface area contributed by atoms with Gasteiger partial charge in [-0.3, -0.25) is 0 Å². The number of thiophene rings is 1. The lowest BCUT2D eigenvalue weighted by Gasteiger charge is -2.26. The Hall–Kier alpha value is -1.08. The van der Waals surface area contributed by atoms with Crippen molar-refractivity contribution in [3.05, 3.63) is 21.9 Å². The smallest absolute Gasteiger partial charge is 0.317 e. The van der Waals surface area contributed by atoms with Gasteiger partial charge >= 0.3 is 6.03 Å². The summed E-state index contributed by atoms with van der Waals surface area (Å²) in [4.78, 5) is 13.8. The minimum atomic E-state index is -3.00. The normalized spacial score (nSPS) is 22.3. The van der Waals surface area contributed by atoms with Crippen molar-refractivity contribution in [2.45, 2.75) is 32.9 Å². The van der Waals surface area contributed by atoms with Crippen molar-refractivity contribution < 1.29 is 13.2 Å². The lowest BCUT2D eigenvalue weighted by molar-refractivity contribution is 0.182. The van der Waals surface area contributed by atoms with Crippen molar-refractivity contribution in [1.29, 1.82) is 0 Å². The van der Waals surface area contributed by atoms with Gasteiger partial charge in [0.15, 0.2) is 9.84 Å². The summed E-state index contributed by atoms with van der Waals surface area (Å²) in [5.74, 6) is 0.226. The van der Waals surface area contributed by atoms with E-state index in [-0.39, 0.29) is 30.1 Å². The van der Waals surface area contributed by atoms with E-state index < -0.39 is 9.84 Å². The summed E-state index contributed by atoms with van der Waals surface area (Å²) in [6, 6.07) is -0.226. The molecule has 2 heterocycles. The predicted molar refractivity (Wildman–Crippen MR) is 80.7 cm³/mol. The first-order valence-electron chi connectivity index (χ1n) is 6.65. The van der Waals surface area contributed by atoms with Crippen LogP contribution in [-0.2, 0) is 16.4 Å². The second-order valence-electron chi connectivity index (χ2n) is 5.22. The number of sulfone groups is 1. The van der Waals surface area contributed by atoms with Gasteiger partial charge in [-0.1, -0.05) is 0 Å². The van der Waals surface area contributed by atoms with Crippen molar-refractivity contribution in [1.82, 2.24) is 10.2 Å². The van der Waals surface area contributed by atoms with Crippen molar-refractivity contribution in [3.63, 3.8) is 0 Å². The molecule has 2 rings (SSSR count). The molecule has 0 bridgehead atoms. The number of carbonyl (C=O) groups excluding carboxylic acids is 1. The molecule has 7 heteroatoms. The first kappa shape index (κ1) is 15.3. The maximum atomic E-state index is 12.2. The summed E-state index contributed by atoms with van der Waals surface area (Å²) >= 11 is 1.61. The zero-order valence-electron chi connectivity index (χ0n) is 11.8. The highest BCUT2D eigenvalue weighted by Gasteiger charge is 2.27. The zero-order chi connectivity index (χ0) is 14.8. The maximum Gasteiger partial charge on any atom is 0.317 e. The van der Waals surface area contributed by atoms with Crippen molar-refractivity contribution in [2.24, 2.45) is 0 Å². The summed E-state index contributed by atoms with van der Waals surface area (Å²) in [5.41, 5.74) is 2.28. The van der Waals surface area contributed by atoms with Crippen molar-refractivity contribution >= 4 is 27.2 Å². The quantitative estimate of drug-likeness (QED) is 0.904. The van der Waals surface area contributed by atoms with Gasteiger partial charge in [-0.2, -0.15) is 11.3 Å². The van der Waals surface area contributed by atoms with E-state index in [1.54, 1.807) is 16.2 Å². The summed E-state index contributed by atoms with van der Waals surface area (Å²) in [6.45, 7) is 4.68. The van der Waals surface area contributed by atoms with Crippen LogP contribution in [0.4, 0.5) is 4.79 Å². The van der Waals surface area contributed by atoms with E-state index in [1.165, 1.54) is 5.56 Å². The Kier molecular flexibility index (Phi) is 4.70. The minimum absolute atomic E-state index is 0.0455. The van der Waals surface area contributed by atoms with E-state index in [0.29, 0.717) is 13.0 Å². The Morgan fingerprint density at radius 3 is 2.85 bits per heavy atom. The summed E-state index contributed by atoms with van der Waals surface area (Å²) in [6.07, 6.45) is 0.507. The maximum absolute atomic E-state index is 12.2. The van der Waals surface area contributed by atoms with Gasteiger partial charge in [-0.05, 0) is 42.2 Å². The third kappa shape index (κ3) is 3.73. The van der Waals surface area contributed by atoms with Gasteiger partial charge in [0.05, 0.1) is 11.5 Å². The molecule has 1 aromatic rings. The predicted octanol–water partition coefficient (Wildman–Crippen LogP) is 1.78. The van der Waals surface area contributed by atoms with E-state index in [9.17, 15) is 13.2 Å². The van der Waals surface area contributed by atoms with Crippen LogP contribution in [0.1, 0.15) is 24.5 Å². The van der Waals surface area contributed by atoms with Gasteiger partial charge in [0.1, 0.15) is 0 Å². The lowest BCUT2D eigenvalue weighted by Crippen LogP contribution is -2.45. The van der Waals surface area contributed by atoms with Gasteiger partial charge in [-0.15, -0.1) is 0 Å². The highest BCUT2D eigenvalue weighted by molar-refractivity contribution is 7.91. The number of nitrogens with one attached hydrogen (secondary N) is 1. The standard InChI is InChI=1S/C13H20N2O3S2/c1-10-8-19-9-12(10)7-14-13(16)15-4-6-20(17,18)5-3-11(15)2/h8-9,11H,3-7H2,1-2H3,(H,14,16)/t11-/m0/s1. The number of aryl methyl sites for hydroxylation is 1. The molecule has 1 aliphatic rings. The molecule has 1 aromatic heterocycles. The average Bonchev–Trinajstić information content (AvgIpc) is 2.73. The highest BCUT2D eigenvalue weighted by Crippen LogP contribution is 2.15. The van der Waals surface area contributed by atoms with Gasteiger partial charge < -0.3 is 10.2 Å². The Morgan fingerprint density at radius 1 is 1.45 bits per heavy atom. The van der Waals surface area contributed by atoms with Gasteiger partial charge in [-0.25, -0.2) is 13.2 Å². The molecule has 112 valence electrons. The van der Waals surface area contributed by atoms with Crippen LogP contribution in [0.3, 0.4) is 0 Å². The molecule has 0 aliphatic carbocycles. The number of carbonyl (C=O) groups is 1. The Labute approximate surface area is 123 Å². The molecule has 20 heavy (non-hydrogen) atoms. The molecule has 0 aromatic carbocycles. The van der Waals surface area contributed by atoms with E-state index in [4.69, 9.17) is 0 Å². The van der Waals surface area contributed by atoms with Crippen LogP contribution in [0.2, 0.25) is 0 Å². The van der Waals surface area contributed by atoms with Crippen molar-refractivity contribution in [2.75, 3.05) is 18.1 Å². The zero-order valence-corrected chi connectivity index (χ0v) is 13.4. The number of hydrogen-bond donors (Lipinski definition) is 1. The third-order valence-electron chi connectivity index (χ3n) is 3.67. The number of amides is 2. The fourth-order valence-electron chi connectivity index (χ4n) is 2.21. The van der Waals surface area contributed by atoms with Crippen LogP contribution < -0.4 is 5.32 Å². The van der Waals surface area contributed by atoms with Crippen molar-refractivity contribution in [3.8, 4) is 0 Å². The molecular weight excluding hydrogens is 296 g/mol. The number of hydrogen-bond acceptors (Lipinski definition) is 4. The first-order chi connectivity index (χ1) is 9.39. The van der Waals surface area contributed by atoms with E-state index in [2.05, 4.69) is 5.32 Å². The minimum Gasteiger partial charge on any atom is -0.334 e. The fourth-order valence-corrected chi connectivity index (χ4v) is 4.44. The Morgan fingerprint density at radius 2 is 2.20 bits per heavy atom. The van der Waals surface area contributed by atoms with Gasteiger partial charge in [0, 0.05) is 19.1 Å². The van der Waals surface area contributed by atoms with Gasteiger partial charge in [0.25, 0.3) is 0 Å². The Bertz CT molecular complexity index is 580. The van der Waals surface area contributed by atoms with Gasteiger partial charge in [0.2, 0.25) is 0 Å². The number of nitrogens with zero attached hydrogens (tertiary/aromatic N) is 1. The van der Waals surface area contributed by atoms with E-state index in [0.717, 1.165) is 5.56 Å². The number of urea groups is 1. The van der Waals surface area contributed by atoms with Crippen LogP contribution in [0.15, 0.2) is 10.8 Å². The van der Waals surface area contributed by atoms with Crippen LogP contribution in [0, 0.1) is 6.92 Å². The molecule has 1 atom stereocenters. The molecule has 1 saturated heterocycles. The molecule has 2 amide bonds. The summed E-state index contributed by atoms with van der Waals surface area (Å²) in [5, 5.41) is 6.94. The van der Waals surface area contributed by atoms with Crippen LogP contribution in [0.25, 0.3) is 0 Å². The van der Waals surface area contributed by atoms with E-state index >= 15 is 0 Å². The molecule has 1 fully saturated rings. The molecule has 0 spiro atoms. The SMILES string of the molecule is Cc1cscc1CNC(=O)N1CCS(=O)(=O)CC[C@@H]1C. The molecule has 1 N–H and O–H groups in total. The second-order valence-corrected chi connectivity index (χ2v) is 8.27. The molecule has 0 saturated carbocycles. The second kappa shape index (κ2) is 6.13. The molecular formula is C13H20N2O3S2. The van der Waals surface area contributed by atoms with Crippen LogP contribution in [0.5, 0.6) is 0 Å².